The second kappa shape index (κ2) is 6.30. The first-order valence-corrected chi connectivity index (χ1v) is 9.05. The molecule has 1 N–H and O–H groups in total. The van der Waals surface area contributed by atoms with E-state index < -0.39 is 28.6 Å². The Balaban J connectivity index is 1.96. The number of aromatic nitrogens is 1. The first-order chi connectivity index (χ1) is 12.8. The van der Waals surface area contributed by atoms with Crippen LogP contribution in [0.15, 0.2) is 17.1 Å². The van der Waals surface area contributed by atoms with E-state index in [1.54, 1.807) is 4.90 Å². The van der Waals surface area contributed by atoms with Crippen molar-refractivity contribution < 1.29 is 18.7 Å². The van der Waals surface area contributed by atoms with Gasteiger partial charge in [-0.3, -0.25) is 4.79 Å². The molecule has 1 saturated heterocycles. The molecule has 1 aromatic heterocycles. The highest BCUT2D eigenvalue weighted by Gasteiger charge is 2.32. The van der Waals surface area contributed by atoms with E-state index in [2.05, 4.69) is 4.90 Å². The summed E-state index contributed by atoms with van der Waals surface area (Å²) in [6, 6.07) is 1.06. The Hall–Kier alpha value is -2.48. The normalized spacial score (nSPS) is 21.0. The van der Waals surface area contributed by atoms with Crippen LogP contribution in [0.3, 0.4) is 0 Å². The Labute approximate surface area is 154 Å². The van der Waals surface area contributed by atoms with E-state index in [0.717, 1.165) is 18.9 Å². The Morgan fingerprint density at radius 3 is 2.56 bits per heavy atom. The van der Waals surface area contributed by atoms with Crippen LogP contribution in [-0.2, 0) is 0 Å². The number of hydrogen-bond acceptors (Lipinski definition) is 4. The molecule has 4 rings (SSSR count). The third-order valence-corrected chi connectivity index (χ3v) is 5.63. The molecule has 1 aliphatic heterocycles. The number of aromatic carboxylic acids is 1. The lowest BCUT2D eigenvalue weighted by Gasteiger charge is -2.39. The SMILES string of the molecule is CC1CN(c2c(F)cc3c(=O)c(C(=O)O)cn(C4CC4)c3c2F)CCN1C. The average Bonchev–Trinajstić information content (AvgIpc) is 3.43. The molecule has 6 nitrogen and oxygen atoms in total. The smallest absolute Gasteiger partial charge is 0.341 e. The lowest BCUT2D eigenvalue weighted by molar-refractivity contribution is 0.0695. The number of pyridine rings is 1. The number of carbonyl (C=O) groups is 1. The summed E-state index contributed by atoms with van der Waals surface area (Å²) in [5, 5.41) is 9.07. The van der Waals surface area contributed by atoms with Crippen molar-refractivity contribution in [1.29, 1.82) is 0 Å². The summed E-state index contributed by atoms with van der Waals surface area (Å²) in [7, 11) is 1.97. The van der Waals surface area contributed by atoms with Gasteiger partial charge in [0, 0.05) is 37.9 Å². The van der Waals surface area contributed by atoms with Gasteiger partial charge in [-0.1, -0.05) is 0 Å². The minimum Gasteiger partial charge on any atom is -0.477 e. The van der Waals surface area contributed by atoms with Crippen molar-refractivity contribution in [2.75, 3.05) is 31.6 Å². The van der Waals surface area contributed by atoms with Gasteiger partial charge in [-0.15, -0.1) is 0 Å². The Kier molecular flexibility index (Phi) is 4.18. The summed E-state index contributed by atoms with van der Waals surface area (Å²) in [5.74, 6) is -3.02. The molecular weight excluding hydrogens is 356 g/mol. The molecule has 2 fully saturated rings. The predicted octanol–water partition coefficient (Wildman–Crippen LogP) is 2.45. The Morgan fingerprint density at radius 1 is 1.26 bits per heavy atom. The zero-order valence-corrected chi connectivity index (χ0v) is 15.2. The summed E-state index contributed by atoms with van der Waals surface area (Å²) in [5.41, 5.74) is -1.46. The number of carboxylic acids is 1. The van der Waals surface area contributed by atoms with Crippen molar-refractivity contribution in [3.63, 3.8) is 0 Å². The second-order valence-electron chi connectivity index (χ2n) is 7.51. The van der Waals surface area contributed by atoms with Crippen LogP contribution in [0.1, 0.15) is 36.2 Å². The van der Waals surface area contributed by atoms with E-state index in [0.29, 0.717) is 19.6 Å². The molecule has 2 heterocycles. The molecule has 0 bridgehead atoms. The minimum atomic E-state index is -1.39. The predicted molar refractivity (Wildman–Crippen MR) is 97.7 cm³/mol. The van der Waals surface area contributed by atoms with Gasteiger partial charge in [-0.05, 0) is 32.9 Å². The zero-order chi connectivity index (χ0) is 19.5. The van der Waals surface area contributed by atoms with Crippen LogP contribution in [0.2, 0.25) is 0 Å². The molecule has 2 aliphatic rings. The van der Waals surface area contributed by atoms with Crippen molar-refractivity contribution in [3.05, 3.63) is 39.7 Å². The third kappa shape index (κ3) is 2.88. The standard InChI is InChI=1S/C19H21F2N3O3/c1-10-8-23(6-5-22(10)2)17-14(20)7-12-16(15(17)21)24(11-3-4-11)9-13(18(12)25)19(26)27/h7,9-11H,3-6,8H2,1-2H3,(H,26,27). The maximum atomic E-state index is 15.5. The number of carboxylic acid groups (broad SMARTS) is 1. The summed E-state index contributed by atoms with van der Waals surface area (Å²) in [4.78, 5) is 27.7. The molecule has 1 aromatic carbocycles. The Morgan fingerprint density at radius 2 is 1.96 bits per heavy atom. The van der Waals surface area contributed by atoms with Gasteiger partial charge in [0.05, 0.1) is 10.9 Å². The second-order valence-corrected chi connectivity index (χ2v) is 7.51. The van der Waals surface area contributed by atoms with Crippen molar-refractivity contribution in [2.24, 2.45) is 0 Å². The number of anilines is 1. The van der Waals surface area contributed by atoms with Gasteiger partial charge in [0.1, 0.15) is 17.1 Å². The van der Waals surface area contributed by atoms with Crippen LogP contribution in [0, 0.1) is 11.6 Å². The van der Waals surface area contributed by atoms with Gasteiger partial charge in [0.2, 0.25) is 5.43 Å². The van der Waals surface area contributed by atoms with Gasteiger partial charge >= 0.3 is 5.97 Å². The van der Waals surface area contributed by atoms with Crippen LogP contribution in [0.4, 0.5) is 14.5 Å². The number of hydrogen-bond donors (Lipinski definition) is 1. The maximum absolute atomic E-state index is 15.5. The van der Waals surface area contributed by atoms with E-state index >= 15 is 4.39 Å². The number of nitrogens with zero attached hydrogens (tertiary/aromatic N) is 3. The van der Waals surface area contributed by atoms with Gasteiger partial charge in [-0.25, -0.2) is 13.6 Å². The quantitative estimate of drug-likeness (QED) is 0.890. The third-order valence-electron chi connectivity index (χ3n) is 5.63. The highest BCUT2D eigenvalue weighted by atomic mass is 19.1. The van der Waals surface area contributed by atoms with E-state index in [-0.39, 0.29) is 28.7 Å². The van der Waals surface area contributed by atoms with Crippen LogP contribution >= 0.6 is 0 Å². The van der Waals surface area contributed by atoms with Crippen molar-refractivity contribution in [2.45, 2.75) is 31.8 Å². The Bertz CT molecular complexity index is 1000. The minimum absolute atomic E-state index is 0.00418. The molecule has 0 amide bonds. The number of likely N-dealkylation sites (N-methyl/N-ethyl adjacent to an activating group) is 1. The van der Waals surface area contributed by atoms with Crippen LogP contribution < -0.4 is 10.3 Å². The van der Waals surface area contributed by atoms with Crippen molar-refractivity contribution >= 4 is 22.6 Å². The molecule has 27 heavy (non-hydrogen) atoms. The highest BCUT2D eigenvalue weighted by Crippen LogP contribution is 2.39. The number of halogens is 2. The van der Waals surface area contributed by atoms with Gasteiger partial charge in [0.15, 0.2) is 5.82 Å². The molecule has 0 spiro atoms. The zero-order valence-electron chi connectivity index (χ0n) is 15.2. The van der Waals surface area contributed by atoms with Crippen LogP contribution in [-0.4, -0.2) is 53.3 Å². The number of benzene rings is 1. The van der Waals surface area contributed by atoms with Crippen LogP contribution in [0.25, 0.3) is 10.9 Å². The molecule has 1 atom stereocenters. The molecule has 2 aromatic rings. The van der Waals surface area contributed by atoms with E-state index in [9.17, 15) is 19.1 Å². The average molecular weight is 377 g/mol. The first kappa shape index (κ1) is 17.9. The van der Waals surface area contributed by atoms with Gasteiger partial charge in [-0.2, -0.15) is 0 Å². The monoisotopic (exact) mass is 377 g/mol. The fourth-order valence-electron chi connectivity index (χ4n) is 3.77. The van der Waals surface area contributed by atoms with Crippen molar-refractivity contribution in [3.8, 4) is 0 Å². The van der Waals surface area contributed by atoms with E-state index in [1.165, 1.54) is 10.8 Å². The molecule has 1 saturated carbocycles. The summed E-state index contributed by atoms with van der Waals surface area (Å²) < 4.78 is 31.9. The molecule has 144 valence electrons. The molecule has 1 aliphatic carbocycles. The number of fused-ring (bicyclic) bond motifs is 1. The van der Waals surface area contributed by atoms with Crippen molar-refractivity contribution in [1.82, 2.24) is 9.47 Å². The molecule has 0 radical (unpaired) electrons. The topological polar surface area (TPSA) is 65.8 Å². The number of rotatable bonds is 3. The van der Waals surface area contributed by atoms with Gasteiger partial charge in [0.25, 0.3) is 0 Å². The summed E-state index contributed by atoms with van der Waals surface area (Å²) in [6.07, 6.45) is 2.74. The van der Waals surface area contributed by atoms with E-state index in [1.807, 2.05) is 14.0 Å². The molecule has 1 unspecified atom stereocenters. The number of piperazine rings is 1. The van der Waals surface area contributed by atoms with Gasteiger partial charge < -0.3 is 19.5 Å². The lowest BCUT2D eigenvalue weighted by atomic mass is 10.1. The summed E-state index contributed by atoms with van der Waals surface area (Å²) >= 11 is 0. The lowest BCUT2D eigenvalue weighted by Crippen LogP contribution is -2.50. The van der Waals surface area contributed by atoms with E-state index in [4.69, 9.17) is 0 Å². The fraction of sp³-hybridized carbons (Fsp3) is 0.474. The fourth-order valence-corrected chi connectivity index (χ4v) is 3.77. The first-order valence-electron chi connectivity index (χ1n) is 9.05. The largest absolute Gasteiger partial charge is 0.477 e. The van der Waals surface area contributed by atoms with Crippen LogP contribution in [0.5, 0.6) is 0 Å². The highest BCUT2D eigenvalue weighted by molar-refractivity contribution is 5.94. The molecular formula is C19H21F2N3O3. The molecule has 8 heteroatoms. The summed E-state index contributed by atoms with van der Waals surface area (Å²) in [6.45, 7) is 3.60. The maximum Gasteiger partial charge on any atom is 0.341 e.